The molecule has 0 unspecified atom stereocenters. The standard InChI is InChI=1S/C12H14N4O2S2/c1-18-9-4-2-3-8(5-9)6-14-10(17)7-19-12-16-15-11(13)20-12/h2-5H,6-7H2,1H3,(H2,13,15)(H,14,17). The van der Waals surface area contributed by atoms with Crippen LogP contribution < -0.4 is 15.8 Å². The fraction of sp³-hybridized carbons (Fsp3) is 0.250. The summed E-state index contributed by atoms with van der Waals surface area (Å²) in [6.07, 6.45) is 0. The average Bonchev–Trinajstić information content (AvgIpc) is 2.89. The van der Waals surface area contributed by atoms with E-state index in [2.05, 4.69) is 15.5 Å². The molecule has 6 nitrogen and oxygen atoms in total. The van der Waals surface area contributed by atoms with Gasteiger partial charge in [-0.25, -0.2) is 0 Å². The second kappa shape index (κ2) is 7.11. The molecule has 20 heavy (non-hydrogen) atoms. The number of nitrogen functional groups attached to an aromatic ring is 1. The van der Waals surface area contributed by atoms with Crippen LogP contribution in [0.25, 0.3) is 0 Å². The molecule has 0 fully saturated rings. The van der Waals surface area contributed by atoms with Crippen LogP contribution in [-0.2, 0) is 11.3 Å². The third-order valence-corrected chi connectivity index (χ3v) is 4.26. The number of nitrogens with two attached hydrogens (primary N) is 1. The number of carbonyl (C=O) groups excluding carboxylic acids is 1. The molecule has 106 valence electrons. The quantitative estimate of drug-likeness (QED) is 0.787. The molecule has 0 radical (unpaired) electrons. The maximum absolute atomic E-state index is 11.7. The van der Waals surface area contributed by atoms with Crippen molar-refractivity contribution in [2.45, 2.75) is 10.9 Å². The Hall–Kier alpha value is -1.80. The first-order chi connectivity index (χ1) is 9.67. The van der Waals surface area contributed by atoms with E-state index in [1.165, 1.54) is 23.1 Å². The SMILES string of the molecule is COc1cccc(CNC(=O)CSc2nnc(N)s2)c1. The van der Waals surface area contributed by atoms with E-state index >= 15 is 0 Å². The van der Waals surface area contributed by atoms with Crippen molar-refractivity contribution in [2.75, 3.05) is 18.6 Å². The van der Waals surface area contributed by atoms with Crippen molar-refractivity contribution in [1.29, 1.82) is 0 Å². The van der Waals surface area contributed by atoms with Gasteiger partial charge in [-0.3, -0.25) is 4.79 Å². The molecule has 0 spiro atoms. The van der Waals surface area contributed by atoms with Gasteiger partial charge in [-0.1, -0.05) is 35.2 Å². The average molecular weight is 310 g/mol. The minimum absolute atomic E-state index is 0.0633. The molecule has 0 aliphatic rings. The molecule has 0 bridgehead atoms. The van der Waals surface area contributed by atoms with E-state index in [1.54, 1.807) is 7.11 Å². The summed E-state index contributed by atoms with van der Waals surface area (Å²) in [5.74, 6) is 1.00. The number of ether oxygens (including phenoxy) is 1. The lowest BCUT2D eigenvalue weighted by molar-refractivity contribution is -0.118. The van der Waals surface area contributed by atoms with E-state index in [0.717, 1.165) is 11.3 Å². The zero-order chi connectivity index (χ0) is 14.4. The Morgan fingerprint density at radius 2 is 2.35 bits per heavy atom. The normalized spacial score (nSPS) is 10.2. The Morgan fingerprint density at radius 3 is 3.05 bits per heavy atom. The van der Waals surface area contributed by atoms with Crippen molar-refractivity contribution in [3.8, 4) is 5.75 Å². The first-order valence-electron chi connectivity index (χ1n) is 5.79. The Morgan fingerprint density at radius 1 is 1.50 bits per heavy atom. The molecule has 0 aliphatic carbocycles. The number of hydrogen-bond donors (Lipinski definition) is 2. The maximum atomic E-state index is 11.7. The van der Waals surface area contributed by atoms with Crippen LogP contribution in [0.4, 0.5) is 5.13 Å². The van der Waals surface area contributed by atoms with Crippen molar-refractivity contribution in [3.05, 3.63) is 29.8 Å². The number of anilines is 1. The van der Waals surface area contributed by atoms with Crippen molar-refractivity contribution >= 4 is 34.1 Å². The van der Waals surface area contributed by atoms with Gasteiger partial charge in [0.1, 0.15) is 5.75 Å². The van der Waals surface area contributed by atoms with Gasteiger partial charge in [-0.05, 0) is 17.7 Å². The predicted octanol–water partition coefficient (Wildman–Crippen LogP) is 1.54. The highest BCUT2D eigenvalue weighted by atomic mass is 32.2. The summed E-state index contributed by atoms with van der Waals surface area (Å²) in [6, 6.07) is 7.57. The number of aromatic nitrogens is 2. The fourth-order valence-corrected chi connectivity index (χ4v) is 2.91. The molecule has 3 N–H and O–H groups in total. The van der Waals surface area contributed by atoms with E-state index in [9.17, 15) is 4.79 Å². The number of benzene rings is 1. The zero-order valence-electron chi connectivity index (χ0n) is 10.8. The number of nitrogens with one attached hydrogen (secondary N) is 1. The summed E-state index contributed by atoms with van der Waals surface area (Å²) in [4.78, 5) is 11.7. The van der Waals surface area contributed by atoms with Crippen LogP contribution in [-0.4, -0.2) is 29.0 Å². The zero-order valence-corrected chi connectivity index (χ0v) is 12.5. The third kappa shape index (κ3) is 4.39. The molecule has 2 aromatic rings. The molecule has 0 saturated heterocycles. The molecular formula is C12H14N4O2S2. The van der Waals surface area contributed by atoms with E-state index in [4.69, 9.17) is 10.5 Å². The minimum Gasteiger partial charge on any atom is -0.497 e. The Balaban J connectivity index is 1.77. The highest BCUT2D eigenvalue weighted by Gasteiger charge is 2.06. The van der Waals surface area contributed by atoms with Gasteiger partial charge in [0.05, 0.1) is 12.9 Å². The lowest BCUT2D eigenvalue weighted by atomic mass is 10.2. The number of hydrogen-bond acceptors (Lipinski definition) is 7. The van der Waals surface area contributed by atoms with Gasteiger partial charge in [-0.2, -0.15) is 0 Å². The van der Waals surface area contributed by atoms with Crippen LogP contribution in [0, 0.1) is 0 Å². The maximum Gasteiger partial charge on any atom is 0.230 e. The third-order valence-electron chi connectivity index (χ3n) is 2.37. The number of methoxy groups -OCH3 is 1. The molecule has 0 aliphatic heterocycles. The van der Waals surface area contributed by atoms with Gasteiger partial charge in [0.15, 0.2) is 4.34 Å². The Bertz CT molecular complexity index is 588. The van der Waals surface area contributed by atoms with Crippen LogP contribution in [0.15, 0.2) is 28.6 Å². The van der Waals surface area contributed by atoms with E-state index in [0.29, 0.717) is 21.8 Å². The lowest BCUT2D eigenvalue weighted by Gasteiger charge is -2.06. The summed E-state index contributed by atoms with van der Waals surface area (Å²) >= 11 is 2.59. The largest absolute Gasteiger partial charge is 0.497 e. The second-order valence-electron chi connectivity index (χ2n) is 3.82. The van der Waals surface area contributed by atoms with Crippen LogP contribution in [0.5, 0.6) is 5.75 Å². The van der Waals surface area contributed by atoms with Crippen molar-refractivity contribution in [2.24, 2.45) is 0 Å². The highest BCUT2D eigenvalue weighted by Crippen LogP contribution is 2.23. The summed E-state index contributed by atoms with van der Waals surface area (Å²) in [6.45, 7) is 0.467. The number of carbonyl (C=O) groups is 1. The van der Waals surface area contributed by atoms with Crippen LogP contribution in [0.3, 0.4) is 0 Å². The molecule has 1 aromatic heterocycles. The van der Waals surface area contributed by atoms with Gasteiger partial charge in [0.25, 0.3) is 0 Å². The van der Waals surface area contributed by atoms with Gasteiger partial charge in [0.2, 0.25) is 11.0 Å². The molecule has 0 saturated carbocycles. The first-order valence-corrected chi connectivity index (χ1v) is 7.59. The summed E-state index contributed by atoms with van der Waals surface area (Å²) in [5, 5.41) is 10.8. The number of rotatable bonds is 6. The van der Waals surface area contributed by atoms with Crippen molar-refractivity contribution in [3.63, 3.8) is 0 Å². The summed E-state index contributed by atoms with van der Waals surface area (Å²) in [5.41, 5.74) is 6.45. The fourth-order valence-electron chi connectivity index (χ4n) is 1.44. The van der Waals surface area contributed by atoms with Crippen molar-refractivity contribution in [1.82, 2.24) is 15.5 Å². The lowest BCUT2D eigenvalue weighted by Crippen LogP contribution is -2.24. The van der Waals surface area contributed by atoms with Crippen LogP contribution in [0.1, 0.15) is 5.56 Å². The van der Waals surface area contributed by atoms with E-state index in [-0.39, 0.29) is 5.91 Å². The van der Waals surface area contributed by atoms with Gasteiger partial charge in [-0.15, -0.1) is 10.2 Å². The molecule has 8 heteroatoms. The first kappa shape index (κ1) is 14.6. The van der Waals surface area contributed by atoms with Gasteiger partial charge < -0.3 is 15.8 Å². The smallest absolute Gasteiger partial charge is 0.230 e. The Labute approximate surface area is 124 Å². The van der Waals surface area contributed by atoms with Crippen LogP contribution in [0.2, 0.25) is 0 Å². The highest BCUT2D eigenvalue weighted by molar-refractivity contribution is 8.01. The monoisotopic (exact) mass is 310 g/mol. The van der Waals surface area contributed by atoms with Crippen LogP contribution >= 0.6 is 23.1 Å². The molecule has 1 heterocycles. The summed E-state index contributed by atoms with van der Waals surface area (Å²) in [7, 11) is 1.61. The Kier molecular flexibility index (Phi) is 5.19. The van der Waals surface area contributed by atoms with E-state index < -0.39 is 0 Å². The number of thioether (sulfide) groups is 1. The van der Waals surface area contributed by atoms with Crippen molar-refractivity contribution < 1.29 is 9.53 Å². The molecule has 1 amide bonds. The van der Waals surface area contributed by atoms with Gasteiger partial charge >= 0.3 is 0 Å². The molecule has 2 rings (SSSR count). The van der Waals surface area contributed by atoms with E-state index in [1.807, 2.05) is 24.3 Å². The minimum atomic E-state index is -0.0633. The molecule has 0 atom stereocenters. The molecule has 1 aromatic carbocycles. The topological polar surface area (TPSA) is 90.1 Å². The molecular weight excluding hydrogens is 296 g/mol. The predicted molar refractivity (Wildman–Crippen MR) is 79.9 cm³/mol. The number of nitrogens with zero attached hydrogens (tertiary/aromatic N) is 2. The second-order valence-corrected chi connectivity index (χ2v) is 6.05. The van der Waals surface area contributed by atoms with Gasteiger partial charge in [0, 0.05) is 6.54 Å². The summed E-state index contributed by atoms with van der Waals surface area (Å²) < 4.78 is 5.82. The number of amides is 1.